The molecule has 1 N–H and O–H groups in total. The van der Waals surface area contributed by atoms with Crippen LogP contribution < -0.4 is 5.32 Å². The van der Waals surface area contributed by atoms with Gasteiger partial charge < -0.3 is 5.32 Å². The number of hydrogen-bond acceptors (Lipinski definition) is 1. The zero-order valence-electron chi connectivity index (χ0n) is 6.70. The van der Waals surface area contributed by atoms with E-state index in [1.54, 1.807) is 0 Å². The summed E-state index contributed by atoms with van der Waals surface area (Å²) in [6.45, 7) is 7.05. The van der Waals surface area contributed by atoms with Crippen molar-refractivity contribution < 1.29 is 4.79 Å². The van der Waals surface area contributed by atoms with Gasteiger partial charge in [0.1, 0.15) is 0 Å². The Morgan fingerprint density at radius 2 is 2.00 bits per heavy atom. The highest BCUT2D eigenvalue weighted by Gasteiger charge is 2.10. The number of carbonyl (C=O) groups excluding carboxylic acids is 1. The topological polar surface area (TPSA) is 29.1 Å². The molecule has 0 aliphatic heterocycles. The number of carbonyl (C=O) groups is 1. The lowest BCUT2D eigenvalue weighted by Gasteiger charge is -2.17. The molecule has 0 aliphatic rings. The van der Waals surface area contributed by atoms with E-state index >= 15 is 0 Å². The summed E-state index contributed by atoms with van der Waals surface area (Å²) in [5.74, 6) is 0.121. The summed E-state index contributed by atoms with van der Waals surface area (Å²) in [6.07, 6.45) is 0. The maximum absolute atomic E-state index is 10.7. The fourth-order valence-electron chi connectivity index (χ4n) is 0.411. The Morgan fingerprint density at radius 3 is 2.30 bits per heavy atom. The average molecular weight is 255 g/mol. The van der Waals surface area contributed by atoms with Crippen LogP contribution in [-0.4, -0.2) is 16.9 Å². The number of hydrogen-bond donors (Lipinski definition) is 1. The summed E-state index contributed by atoms with van der Waals surface area (Å²) in [5.41, 5.74) is 0.196. The summed E-state index contributed by atoms with van der Waals surface area (Å²) in [4.78, 5) is 10.7. The van der Waals surface area contributed by atoms with Crippen molar-refractivity contribution in [3.8, 4) is 0 Å². The average Bonchev–Trinajstić information content (AvgIpc) is 1.81. The smallest absolute Gasteiger partial charge is 0.229 e. The van der Waals surface area contributed by atoms with E-state index in [2.05, 4.69) is 48.7 Å². The standard InChI is InChI=1S/C7H14INO/c1-7(2,3)5-9-6(10)4-8/h4-5H2,1-3H3,(H,9,10). The van der Waals surface area contributed by atoms with Crippen LogP contribution in [-0.2, 0) is 4.79 Å². The molecule has 0 spiro atoms. The second kappa shape index (κ2) is 4.16. The minimum atomic E-state index is 0.121. The SMILES string of the molecule is CC(C)(C)CNC(=O)CI. The van der Waals surface area contributed by atoms with Crippen LogP contribution in [0.25, 0.3) is 0 Å². The third-order valence-electron chi connectivity index (χ3n) is 0.937. The first-order valence-corrected chi connectivity index (χ1v) is 4.81. The van der Waals surface area contributed by atoms with E-state index in [1.807, 2.05) is 0 Å². The first kappa shape index (κ1) is 10.2. The molecule has 10 heavy (non-hydrogen) atoms. The highest BCUT2D eigenvalue weighted by molar-refractivity contribution is 14.1. The molecular formula is C7H14INO. The summed E-state index contributed by atoms with van der Waals surface area (Å²) in [7, 11) is 0. The second-order valence-corrected chi connectivity index (χ2v) is 4.23. The number of amides is 1. The van der Waals surface area contributed by atoms with Crippen molar-refractivity contribution in [1.29, 1.82) is 0 Å². The minimum Gasteiger partial charge on any atom is -0.355 e. The predicted octanol–water partition coefficient (Wildman–Crippen LogP) is 1.58. The first-order valence-electron chi connectivity index (χ1n) is 3.28. The third-order valence-corrected chi connectivity index (χ3v) is 1.63. The van der Waals surface area contributed by atoms with Crippen LogP contribution in [0.2, 0.25) is 0 Å². The van der Waals surface area contributed by atoms with Crippen molar-refractivity contribution >= 4 is 28.5 Å². The molecule has 0 unspecified atom stereocenters. The van der Waals surface area contributed by atoms with E-state index in [4.69, 9.17) is 0 Å². The van der Waals surface area contributed by atoms with E-state index in [1.165, 1.54) is 0 Å². The number of halogens is 1. The lowest BCUT2D eigenvalue weighted by atomic mass is 9.97. The van der Waals surface area contributed by atoms with E-state index < -0.39 is 0 Å². The second-order valence-electron chi connectivity index (χ2n) is 3.47. The van der Waals surface area contributed by atoms with Gasteiger partial charge >= 0.3 is 0 Å². The molecule has 0 radical (unpaired) electrons. The fraction of sp³-hybridized carbons (Fsp3) is 0.857. The van der Waals surface area contributed by atoms with Gasteiger partial charge in [0.25, 0.3) is 0 Å². The molecule has 60 valence electrons. The first-order chi connectivity index (χ1) is 4.45. The Balaban J connectivity index is 3.46. The Morgan fingerprint density at radius 1 is 1.50 bits per heavy atom. The predicted molar refractivity (Wildman–Crippen MR) is 51.4 cm³/mol. The van der Waals surface area contributed by atoms with Crippen molar-refractivity contribution in [2.45, 2.75) is 20.8 Å². The van der Waals surface area contributed by atoms with Crippen molar-refractivity contribution in [2.24, 2.45) is 5.41 Å². The van der Waals surface area contributed by atoms with Gasteiger partial charge in [-0.05, 0) is 5.41 Å². The van der Waals surface area contributed by atoms with Crippen LogP contribution in [0.15, 0.2) is 0 Å². The zero-order valence-corrected chi connectivity index (χ0v) is 8.86. The van der Waals surface area contributed by atoms with Gasteiger partial charge in [0.05, 0.1) is 4.43 Å². The van der Waals surface area contributed by atoms with Gasteiger partial charge in [0.2, 0.25) is 5.91 Å². The molecule has 0 aromatic carbocycles. The molecule has 0 saturated heterocycles. The Kier molecular flexibility index (Phi) is 4.24. The quantitative estimate of drug-likeness (QED) is 0.589. The molecule has 0 atom stereocenters. The number of nitrogens with one attached hydrogen (secondary N) is 1. The summed E-state index contributed by atoms with van der Waals surface area (Å²) in [6, 6.07) is 0. The molecule has 0 bridgehead atoms. The highest BCUT2D eigenvalue weighted by Crippen LogP contribution is 2.09. The van der Waals surface area contributed by atoms with Crippen LogP contribution in [0, 0.1) is 5.41 Å². The number of alkyl halides is 1. The maximum Gasteiger partial charge on any atom is 0.229 e. The molecule has 3 heteroatoms. The molecule has 1 amide bonds. The Labute approximate surface area is 75.9 Å². The zero-order chi connectivity index (χ0) is 8.20. The molecule has 0 aromatic rings. The molecule has 0 aromatic heterocycles. The van der Waals surface area contributed by atoms with Gasteiger partial charge in [0.15, 0.2) is 0 Å². The van der Waals surface area contributed by atoms with Crippen LogP contribution in [0.3, 0.4) is 0 Å². The minimum absolute atomic E-state index is 0.121. The molecule has 0 aliphatic carbocycles. The van der Waals surface area contributed by atoms with Crippen molar-refractivity contribution in [2.75, 3.05) is 11.0 Å². The molecule has 0 rings (SSSR count). The van der Waals surface area contributed by atoms with Crippen molar-refractivity contribution in [3.05, 3.63) is 0 Å². The van der Waals surface area contributed by atoms with Gasteiger partial charge in [-0.15, -0.1) is 0 Å². The van der Waals surface area contributed by atoms with Crippen molar-refractivity contribution in [1.82, 2.24) is 5.32 Å². The molecule has 0 fully saturated rings. The van der Waals surface area contributed by atoms with Gasteiger partial charge in [-0.1, -0.05) is 43.4 Å². The molecular weight excluding hydrogens is 241 g/mol. The van der Waals surface area contributed by atoms with Crippen LogP contribution in [0.5, 0.6) is 0 Å². The van der Waals surface area contributed by atoms with Gasteiger partial charge in [0, 0.05) is 6.54 Å². The van der Waals surface area contributed by atoms with Crippen LogP contribution >= 0.6 is 22.6 Å². The summed E-state index contributed by atoms with van der Waals surface area (Å²) in [5, 5.41) is 2.83. The van der Waals surface area contributed by atoms with Crippen LogP contribution in [0.4, 0.5) is 0 Å². The molecule has 0 heterocycles. The van der Waals surface area contributed by atoms with Crippen LogP contribution in [0.1, 0.15) is 20.8 Å². The number of rotatable bonds is 2. The van der Waals surface area contributed by atoms with Gasteiger partial charge in [-0.3, -0.25) is 4.79 Å². The van der Waals surface area contributed by atoms with E-state index in [9.17, 15) is 4.79 Å². The Hall–Kier alpha value is 0.200. The summed E-state index contributed by atoms with van der Waals surface area (Å²) >= 11 is 2.05. The fourth-order valence-corrected chi connectivity index (χ4v) is 0.681. The third kappa shape index (κ3) is 6.32. The van der Waals surface area contributed by atoms with E-state index in [-0.39, 0.29) is 11.3 Å². The Bertz CT molecular complexity index is 117. The normalized spacial score (nSPS) is 11.2. The highest BCUT2D eigenvalue weighted by atomic mass is 127. The van der Waals surface area contributed by atoms with E-state index in [0.717, 1.165) is 6.54 Å². The van der Waals surface area contributed by atoms with Gasteiger partial charge in [-0.2, -0.15) is 0 Å². The summed E-state index contributed by atoms with van der Waals surface area (Å²) < 4.78 is 0.549. The molecule has 2 nitrogen and oxygen atoms in total. The van der Waals surface area contributed by atoms with E-state index in [0.29, 0.717) is 4.43 Å². The largest absolute Gasteiger partial charge is 0.355 e. The lowest BCUT2D eigenvalue weighted by molar-refractivity contribution is -0.118. The maximum atomic E-state index is 10.7. The lowest BCUT2D eigenvalue weighted by Crippen LogP contribution is -2.32. The van der Waals surface area contributed by atoms with Gasteiger partial charge in [-0.25, -0.2) is 0 Å². The molecule has 0 saturated carbocycles. The monoisotopic (exact) mass is 255 g/mol. The van der Waals surface area contributed by atoms with Crippen molar-refractivity contribution in [3.63, 3.8) is 0 Å².